The Balaban J connectivity index is 1.63. The fraction of sp³-hybridized carbons (Fsp3) is 0.846. The van der Waals surface area contributed by atoms with Crippen molar-refractivity contribution in [3.63, 3.8) is 0 Å². The predicted octanol–water partition coefficient (Wildman–Crippen LogP) is 1.36. The minimum Gasteiger partial charge on any atom is -0.480 e. The van der Waals surface area contributed by atoms with Crippen LogP contribution >= 0.6 is 11.8 Å². The maximum Gasteiger partial charge on any atom is 0.327 e. The van der Waals surface area contributed by atoms with E-state index >= 15 is 0 Å². The van der Waals surface area contributed by atoms with E-state index in [9.17, 15) is 9.59 Å². The first kappa shape index (κ1) is 15.4. The Morgan fingerprint density at radius 2 is 2.20 bits per heavy atom. The number of carboxylic acids is 1. The van der Waals surface area contributed by atoms with Gasteiger partial charge in [-0.3, -0.25) is 4.90 Å². The number of aliphatic carboxylic acids is 1. The summed E-state index contributed by atoms with van der Waals surface area (Å²) >= 11 is 1.49. The summed E-state index contributed by atoms with van der Waals surface area (Å²) in [6, 6.07) is -1.02. The smallest absolute Gasteiger partial charge is 0.327 e. The van der Waals surface area contributed by atoms with E-state index in [1.165, 1.54) is 29.5 Å². The summed E-state index contributed by atoms with van der Waals surface area (Å²) in [7, 11) is 0. The van der Waals surface area contributed by atoms with Gasteiger partial charge in [0.05, 0.1) is 5.37 Å². The standard InChI is InChI=1S/C13H22N2O4S/c1-9-15(11(8-20-9)12(16)17)13(18)14-5-2-6-19-7-10-3-4-10/h9-11H,2-8H2,1H3,(H,14,18)(H,16,17). The van der Waals surface area contributed by atoms with E-state index in [0.29, 0.717) is 18.9 Å². The molecule has 0 aromatic heterocycles. The third-order valence-corrected chi connectivity index (χ3v) is 4.75. The Bertz CT molecular complexity index is 362. The average molecular weight is 302 g/mol. The molecule has 2 rings (SSSR count). The fourth-order valence-corrected chi connectivity index (χ4v) is 3.30. The number of nitrogens with zero attached hydrogens (tertiary/aromatic N) is 1. The Labute approximate surface area is 123 Å². The Kier molecular flexibility index (Phi) is 5.54. The second-order valence-electron chi connectivity index (χ2n) is 5.30. The van der Waals surface area contributed by atoms with E-state index in [2.05, 4.69) is 5.32 Å². The topological polar surface area (TPSA) is 78.9 Å². The number of rotatable bonds is 7. The number of carbonyl (C=O) groups excluding carboxylic acids is 1. The van der Waals surface area contributed by atoms with Gasteiger partial charge in [0.2, 0.25) is 0 Å². The number of carboxylic acid groups (broad SMARTS) is 1. The number of ether oxygens (including phenoxy) is 1. The van der Waals surface area contributed by atoms with Gasteiger partial charge in [-0.2, -0.15) is 0 Å². The zero-order valence-corrected chi connectivity index (χ0v) is 12.5. The quantitative estimate of drug-likeness (QED) is 0.694. The molecule has 20 heavy (non-hydrogen) atoms. The van der Waals surface area contributed by atoms with Crippen LogP contribution < -0.4 is 5.32 Å². The predicted molar refractivity (Wildman–Crippen MR) is 76.7 cm³/mol. The van der Waals surface area contributed by atoms with Crippen LogP contribution in [0.4, 0.5) is 4.79 Å². The third-order valence-electron chi connectivity index (χ3n) is 3.53. The molecule has 1 aliphatic heterocycles. The molecule has 2 N–H and O–H groups in total. The molecule has 1 saturated carbocycles. The van der Waals surface area contributed by atoms with Crippen molar-refractivity contribution in [2.45, 2.75) is 37.6 Å². The van der Waals surface area contributed by atoms with Crippen molar-refractivity contribution in [3.8, 4) is 0 Å². The Morgan fingerprint density at radius 3 is 2.85 bits per heavy atom. The van der Waals surface area contributed by atoms with Crippen molar-refractivity contribution in [1.82, 2.24) is 10.2 Å². The van der Waals surface area contributed by atoms with Crippen LogP contribution in [0.15, 0.2) is 0 Å². The van der Waals surface area contributed by atoms with Gasteiger partial charge in [0, 0.05) is 25.5 Å². The average Bonchev–Trinajstić information content (AvgIpc) is 3.14. The molecule has 0 radical (unpaired) electrons. The monoisotopic (exact) mass is 302 g/mol. The number of urea groups is 1. The highest BCUT2D eigenvalue weighted by Gasteiger charge is 2.39. The van der Waals surface area contributed by atoms with Crippen LogP contribution in [0.5, 0.6) is 0 Å². The molecule has 2 fully saturated rings. The van der Waals surface area contributed by atoms with Crippen molar-refractivity contribution >= 4 is 23.8 Å². The van der Waals surface area contributed by atoms with Crippen LogP contribution in [0, 0.1) is 5.92 Å². The van der Waals surface area contributed by atoms with Crippen LogP contribution in [0.2, 0.25) is 0 Å². The molecule has 0 spiro atoms. The molecule has 0 aromatic rings. The van der Waals surface area contributed by atoms with Crippen LogP contribution in [0.25, 0.3) is 0 Å². The van der Waals surface area contributed by atoms with Gasteiger partial charge in [0.15, 0.2) is 0 Å². The Morgan fingerprint density at radius 1 is 1.45 bits per heavy atom. The van der Waals surface area contributed by atoms with Crippen molar-refractivity contribution in [1.29, 1.82) is 0 Å². The summed E-state index contributed by atoms with van der Waals surface area (Å²) in [5.74, 6) is 0.266. The van der Waals surface area contributed by atoms with Gasteiger partial charge in [0.1, 0.15) is 6.04 Å². The molecule has 2 amide bonds. The van der Waals surface area contributed by atoms with Gasteiger partial charge in [-0.05, 0) is 32.1 Å². The molecule has 114 valence electrons. The van der Waals surface area contributed by atoms with Crippen LogP contribution in [-0.2, 0) is 9.53 Å². The number of hydrogen-bond donors (Lipinski definition) is 2. The summed E-state index contributed by atoms with van der Waals surface area (Å²) in [5.41, 5.74) is 0. The number of hydrogen-bond acceptors (Lipinski definition) is 4. The minimum absolute atomic E-state index is 0.0952. The lowest BCUT2D eigenvalue weighted by molar-refractivity contribution is -0.141. The number of carbonyl (C=O) groups is 2. The van der Waals surface area contributed by atoms with Gasteiger partial charge < -0.3 is 15.2 Å². The van der Waals surface area contributed by atoms with E-state index in [0.717, 1.165) is 18.9 Å². The highest BCUT2D eigenvalue weighted by Crippen LogP contribution is 2.29. The van der Waals surface area contributed by atoms with Gasteiger partial charge in [-0.25, -0.2) is 9.59 Å². The molecule has 1 saturated heterocycles. The maximum atomic E-state index is 12.0. The molecule has 6 nitrogen and oxygen atoms in total. The van der Waals surface area contributed by atoms with Crippen molar-refractivity contribution in [2.75, 3.05) is 25.5 Å². The number of thioether (sulfide) groups is 1. The maximum absolute atomic E-state index is 12.0. The molecular weight excluding hydrogens is 280 g/mol. The molecule has 1 heterocycles. The second-order valence-corrected chi connectivity index (χ2v) is 6.65. The molecule has 0 aromatic carbocycles. The number of nitrogens with one attached hydrogen (secondary N) is 1. The highest BCUT2D eigenvalue weighted by molar-refractivity contribution is 8.00. The summed E-state index contributed by atoms with van der Waals surface area (Å²) in [5, 5.41) is 11.8. The van der Waals surface area contributed by atoms with Crippen molar-refractivity contribution < 1.29 is 19.4 Å². The van der Waals surface area contributed by atoms with Crippen LogP contribution in [0.3, 0.4) is 0 Å². The van der Waals surface area contributed by atoms with Crippen LogP contribution in [-0.4, -0.2) is 58.9 Å². The first-order valence-electron chi connectivity index (χ1n) is 7.08. The summed E-state index contributed by atoms with van der Waals surface area (Å²) < 4.78 is 5.48. The Hall–Kier alpha value is -0.950. The first-order valence-corrected chi connectivity index (χ1v) is 8.12. The van der Waals surface area contributed by atoms with Gasteiger partial charge in [-0.15, -0.1) is 11.8 Å². The summed E-state index contributed by atoms with van der Waals surface area (Å²) in [6.45, 7) is 3.84. The summed E-state index contributed by atoms with van der Waals surface area (Å²) in [6.07, 6.45) is 3.31. The molecule has 2 atom stereocenters. The zero-order chi connectivity index (χ0) is 14.5. The lowest BCUT2D eigenvalue weighted by Crippen LogP contribution is -2.49. The van der Waals surface area contributed by atoms with Crippen molar-refractivity contribution in [2.24, 2.45) is 5.92 Å². The molecule has 2 aliphatic rings. The summed E-state index contributed by atoms with van der Waals surface area (Å²) in [4.78, 5) is 24.5. The van der Waals surface area contributed by atoms with E-state index in [4.69, 9.17) is 9.84 Å². The SMILES string of the molecule is CC1SCC(C(=O)O)N1C(=O)NCCCOCC1CC1. The van der Waals surface area contributed by atoms with Crippen molar-refractivity contribution in [3.05, 3.63) is 0 Å². The fourth-order valence-electron chi connectivity index (χ4n) is 2.14. The van der Waals surface area contributed by atoms with Gasteiger partial charge in [0.25, 0.3) is 0 Å². The first-order chi connectivity index (χ1) is 9.59. The zero-order valence-electron chi connectivity index (χ0n) is 11.7. The minimum atomic E-state index is -0.940. The molecule has 2 unspecified atom stereocenters. The third kappa shape index (κ3) is 4.28. The van der Waals surface area contributed by atoms with E-state index < -0.39 is 12.0 Å². The molecular formula is C13H22N2O4S. The van der Waals surface area contributed by atoms with E-state index in [-0.39, 0.29) is 11.4 Å². The largest absolute Gasteiger partial charge is 0.480 e. The van der Waals surface area contributed by atoms with Gasteiger partial charge >= 0.3 is 12.0 Å². The normalized spacial score (nSPS) is 25.8. The highest BCUT2D eigenvalue weighted by atomic mass is 32.2. The molecule has 1 aliphatic carbocycles. The second kappa shape index (κ2) is 7.17. The lowest BCUT2D eigenvalue weighted by Gasteiger charge is -2.25. The molecule has 7 heteroatoms. The molecule has 0 bridgehead atoms. The van der Waals surface area contributed by atoms with E-state index in [1.54, 1.807) is 0 Å². The lowest BCUT2D eigenvalue weighted by atomic mass is 10.3. The van der Waals surface area contributed by atoms with E-state index in [1.807, 2.05) is 6.92 Å². The van der Waals surface area contributed by atoms with Gasteiger partial charge in [-0.1, -0.05) is 0 Å². The number of amides is 2. The van der Waals surface area contributed by atoms with Crippen LogP contribution in [0.1, 0.15) is 26.2 Å².